The molecule has 2 aliphatic heterocycles. The molecule has 0 amide bonds. The molecular formula is C19H23N3O3S. The summed E-state index contributed by atoms with van der Waals surface area (Å²) in [5.41, 5.74) is 1.34. The third-order valence-electron chi connectivity index (χ3n) is 5.12. The quantitative estimate of drug-likeness (QED) is 0.807. The van der Waals surface area contributed by atoms with Gasteiger partial charge in [-0.05, 0) is 36.2 Å². The Morgan fingerprint density at radius 3 is 2.96 bits per heavy atom. The van der Waals surface area contributed by atoms with Crippen LogP contribution in [0.3, 0.4) is 0 Å². The second-order valence-electron chi connectivity index (χ2n) is 7.05. The lowest BCUT2D eigenvalue weighted by Crippen LogP contribution is -2.55. The number of nitrogens with zero attached hydrogens (tertiary/aromatic N) is 1. The average molecular weight is 373 g/mol. The number of methoxy groups -OCH3 is 1. The van der Waals surface area contributed by atoms with E-state index in [1.54, 1.807) is 19.2 Å². The van der Waals surface area contributed by atoms with E-state index in [1.165, 1.54) is 0 Å². The molecule has 7 heteroatoms. The molecule has 138 valence electrons. The molecule has 2 aromatic rings. The number of para-hydroxylation sites is 1. The Kier molecular flexibility index (Phi) is 4.48. The minimum Gasteiger partial charge on any atom is -0.593 e. The van der Waals surface area contributed by atoms with Crippen molar-refractivity contribution >= 4 is 16.1 Å². The lowest BCUT2D eigenvalue weighted by molar-refractivity contribution is 0.295. The van der Waals surface area contributed by atoms with Crippen molar-refractivity contribution in [3.8, 4) is 5.75 Å². The predicted molar refractivity (Wildman–Crippen MR) is 101 cm³/mol. The first-order valence-corrected chi connectivity index (χ1v) is 10.2. The zero-order chi connectivity index (χ0) is 18.2. The first-order chi connectivity index (χ1) is 12.5. The van der Waals surface area contributed by atoms with E-state index in [0.717, 1.165) is 30.8 Å². The van der Waals surface area contributed by atoms with Gasteiger partial charge >= 0.3 is 0 Å². The highest BCUT2D eigenvalue weighted by Gasteiger charge is 2.46. The summed E-state index contributed by atoms with van der Waals surface area (Å²) in [4.78, 5) is 2.61. The van der Waals surface area contributed by atoms with Crippen molar-refractivity contribution < 1.29 is 13.5 Å². The molecular weight excluding hydrogens is 350 g/mol. The number of anilines is 1. The van der Waals surface area contributed by atoms with Gasteiger partial charge in [0.05, 0.1) is 18.3 Å². The van der Waals surface area contributed by atoms with Crippen molar-refractivity contribution in [3.05, 3.63) is 54.1 Å². The molecule has 2 N–H and O–H groups in total. The van der Waals surface area contributed by atoms with E-state index in [9.17, 15) is 8.76 Å². The highest BCUT2D eigenvalue weighted by Crippen LogP contribution is 2.33. The van der Waals surface area contributed by atoms with Crippen LogP contribution >= 0.6 is 0 Å². The molecule has 2 unspecified atom stereocenters. The van der Waals surface area contributed by atoms with Crippen LogP contribution in [0.15, 0.2) is 53.4 Å². The van der Waals surface area contributed by atoms with Gasteiger partial charge < -0.3 is 14.6 Å². The van der Waals surface area contributed by atoms with Crippen molar-refractivity contribution in [1.82, 2.24) is 9.62 Å². The molecule has 2 atom stereocenters. The standard InChI is InChI=1S/C19H23N3O3S/c1-25-16-6-4-5-15(11-16)12-22-10-9-19(14-22)13-20-17-7-2-3-8-18(17)26(23,24)21-19/h2-8,11,20H,9-10,12-14H2,1H3,(H-,21,23,24). The molecule has 0 aliphatic carbocycles. The minimum atomic E-state index is -3.54. The molecule has 6 nitrogen and oxygen atoms in total. The molecule has 0 aromatic heterocycles. The zero-order valence-electron chi connectivity index (χ0n) is 14.7. The van der Waals surface area contributed by atoms with Crippen molar-refractivity contribution in [1.29, 1.82) is 0 Å². The highest BCUT2D eigenvalue weighted by atomic mass is 32.3. The Bertz CT molecular complexity index is 859. The largest absolute Gasteiger partial charge is 0.593 e. The summed E-state index contributed by atoms with van der Waals surface area (Å²) < 4.78 is 33.9. The normalized spacial score (nSPS) is 28.4. The van der Waals surface area contributed by atoms with Crippen LogP contribution < -0.4 is 14.8 Å². The van der Waals surface area contributed by atoms with Crippen LogP contribution in [0.2, 0.25) is 0 Å². The predicted octanol–water partition coefficient (Wildman–Crippen LogP) is 2.26. The number of hydrogen-bond donors (Lipinski definition) is 2. The third-order valence-corrected chi connectivity index (χ3v) is 6.75. The maximum Gasteiger partial charge on any atom is 0.198 e. The van der Waals surface area contributed by atoms with Crippen molar-refractivity contribution in [2.75, 3.05) is 32.1 Å². The van der Waals surface area contributed by atoms with Gasteiger partial charge in [-0.25, -0.2) is 0 Å². The van der Waals surface area contributed by atoms with Crippen LogP contribution in [0.4, 0.5) is 5.69 Å². The molecule has 2 aromatic carbocycles. The molecule has 0 radical (unpaired) electrons. The number of sulfonamides is 1. The third kappa shape index (κ3) is 3.35. The van der Waals surface area contributed by atoms with Crippen LogP contribution in [0.1, 0.15) is 12.0 Å². The Morgan fingerprint density at radius 2 is 2.12 bits per heavy atom. The van der Waals surface area contributed by atoms with Gasteiger partial charge in [0.15, 0.2) is 15.3 Å². The summed E-state index contributed by atoms with van der Waals surface area (Å²) in [6.45, 7) is 2.87. The van der Waals surface area contributed by atoms with Crippen molar-refractivity contribution in [2.24, 2.45) is 0 Å². The summed E-state index contributed by atoms with van der Waals surface area (Å²) in [6.07, 6.45) is 0.775. The monoisotopic (exact) mass is 373 g/mol. The molecule has 1 fully saturated rings. The zero-order valence-corrected chi connectivity index (χ0v) is 15.6. The molecule has 4 rings (SSSR count). The number of ether oxygens (including phenoxy) is 1. The average Bonchev–Trinajstić information content (AvgIpc) is 2.97. The Hall–Kier alpha value is -1.93. The smallest absolute Gasteiger partial charge is 0.198 e. The van der Waals surface area contributed by atoms with E-state index in [1.807, 2.05) is 30.3 Å². The minimum absolute atomic E-state index is 0.322. The summed E-state index contributed by atoms with van der Waals surface area (Å²) in [5.74, 6) is 0.837. The molecule has 1 saturated heterocycles. The van der Waals surface area contributed by atoms with Gasteiger partial charge in [0.1, 0.15) is 5.75 Å². The van der Waals surface area contributed by atoms with E-state index in [4.69, 9.17) is 4.74 Å². The molecule has 2 aliphatic rings. The van der Waals surface area contributed by atoms with Gasteiger partial charge in [-0.15, -0.1) is 4.72 Å². The molecule has 2 heterocycles. The van der Waals surface area contributed by atoms with Gasteiger partial charge in [-0.2, -0.15) is 0 Å². The number of likely N-dealkylation sites (tertiary alicyclic amines) is 1. The van der Waals surface area contributed by atoms with E-state index in [0.29, 0.717) is 23.7 Å². The van der Waals surface area contributed by atoms with Crippen molar-refractivity contribution in [2.45, 2.75) is 23.4 Å². The van der Waals surface area contributed by atoms with E-state index in [2.05, 4.69) is 21.0 Å². The molecule has 0 saturated carbocycles. The Morgan fingerprint density at radius 1 is 1.27 bits per heavy atom. The van der Waals surface area contributed by atoms with Gasteiger partial charge in [0, 0.05) is 26.2 Å². The molecule has 0 bridgehead atoms. The lowest BCUT2D eigenvalue weighted by Gasteiger charge is -2.29. The number of rotatable bonds is 3. The van der Waals surface area contributed by atoms with Gasteiger partial charge in [-0.1, -0.05) is 28.5 Å². The van der Waals surface area contributed by atoms with E-state index < -0.39 is 15.9 Å². The first-order valence-electron chi connectivity index (χ1n) is 8.72. The van der Waals surface area contributed by atoms with E-state index >= 15 is 0 Å². The lowest BCUT2D eigenvalue weighted by atomic mass is 10.00. The number of nitrogens with one attached hydrogen (secondary N) is 2. The van der Waals surface area contributed by atoms with Crippen molar-refractivity contribution in [3.63, 3.8) is 0 Å². The maximum atomic E-state index is 12.8. The summed E-state index contributed by atoms with van der Waals surface area (Å²) in [5, 5.41) is 3.33. The Balaban J connectivity index is 1.51. The molecule has 1 spiro atoms. The fraction of sp³-hybridized carbons (Fsp3) is 0.368. The maximum absolute atomic E-state index is 12.8. The van der Waals surface area contributed by atoms with Crippen LogP contribution in [-0.4, -0.2) is 41.7 Å². The summed E-state index contributed by atoms with van der Waals surface area (Å²) in [6, 6.07) is 15.1. The van der Waals surface area contributed by atoms with Gasteiger partial charge in [0.25, 0.3) is 0 Å². The fourth-order valence-corrected chi connectivity index (χ4v) is 5.44. The van der Waals surface area contributed by atoms with Crippen LogP contribution in [0.25, 0.3) is 0 Å². The number of benzene rings is 2. The van der Waals surface area contributed by atoms with Gasteiger partial charge in [-0.3, -0.25) is 4.90 Å². The van der Waals surface area contributed by atoms with Crippen LogP contribution in [0.5, 0.6) is 5.75 Å². The first kappa shape index (κ1) is 17.5. The second kappa shape index (κ2) is 6.66. The summed E-state index contributed by atoms with van der Waals surface area (Å²) >= 11 is 0. The van der Waals surface area contributed by atoms with Crippen LogP contribution in [-0.2, 0) is 21.2 Å². The number of hydrogen-bond acceptors (Lipinski definition) is 5. The second-order valence-corrected chi connectivity index (χ2v) is 8.70. The fourth-order valence-electron chi connectivity index (χ4n) is 3.84. The van der Waals surface area contributed by atoms with Crippen LogP contribution in [0, 0.1) is 0 Å². The highest BCUT2D eigenvalue weighted by molar-refractivity contribution is 7.96. The molecule has 26 heavy (non-hydrogen) atoms. The Labute approximate surface area is 154 Å². The topological polar surface area (TPSA) is 76.7 Å². The summed E-state index contributed by atoms with van der Waals surface area (Å²) in [7, 11) is -1.88. The SMILES string of the molecule is COc1cccc(CN2CCC3(CNc4ccccc4[S+](=O)([O-])N3)C2)c1. The van der Waals surface area contributed by atoms with E-state index in [-0.39, 0.29) is 0 Å². The number of fused-ring (bicyclic) bond motifs is 1. The van der Waals surface area contributed by atoms with Gasteiger partial charge in [0.2, 0.25) is 0 Å².